The summed E-state index contributed by atoms with van der Waals surface area (Å²) in [6, 6.07) is 8.50. The van der Waals surface area contributed by atoms with E-state index in [0.29, 0.717) is 37.4 Å². The largest absolute Gasteiger partial charge is 0.467 e. The van der Waals surface area contributed by atoms with Crippen LogP contribution in [0.3, 0.4) is 0 Å². The quantitative estimate of drug-likeness (QED) is 0.631. The third kappa shape index (κ3) is 4.99. The Labute approximate surface area is 177 Å². The Bertz CT molecular complexity index is 1060. The summed E-state index contributed by atoms with van der Waals surface area (Å²) in [7, 11) is 0. The van der Waals surface area contributed by atoms with Crippen LogP contribution in [0.25, 0.3) is 0 Å². The molecule has 31 heavy (non-hydrogen) atoms. The van der Waals surface area contributed by atoms with Crippen molar-refractivity contribution in [3.05, 3.63) is 77.0 Å². The van der Waals surface area contributed by atoms with Gasteiger partial charge in [-0.3, -0.25) is 14.7 Å². The van der Waals surface area contributed by atoms with E-state index in [-0.39, 0.29) is 36.3 Å². The highest BCUT2D eigenvalue weighted by Gasteiger charge is 2.26. The van der Waals surface area contributed by atoms with Gasteiger partial charge in [-0.05, 0) is 42.7 Å². The first-order valence-corrected chi connectivity index (χ1v) is 10.1. The lowest BCUT2D eigenvalue weighted by Gasteiger charge is -2.31. The second-order valence-electron chi connectivity index (χ2n) is 7.54. The fraction of sp³-hybridized carbons (Fsp3) is 0.318. The Morgan fingerprint density at radius 3 is 2.71 bits per heavy atom. The van der Waals surface area contributed by atoms with Crippen LogP contribution in [0.5, 0.6) is 0 Å². The van der Waals surface area contributed by atoms with Gasteiger partial charge in [0.05, 0.1) is 19.2 Å². The number of likely N-dealkylation sites (tertiary alicyclic amines) is 1. The van der Waals surface area contributed by atoms with Crippen LogP contribution in [0.1, 0.15) is 46.3 Å². The smallest absolute Gasteiger partial charge is 0.272 e. The number of carbonyl (C=O) groups excluding carboxylic acids is 2. The van der Waals surface area contributed by atoms with Crippen molar-refractivity contribution in [2.75, 3.05) is 13.1 Å². The maximum absolute atomic E-state index is 13.8. The number of rotatable bonds is 6. The summed E-state index contributed by atoms with van der Waals surface area (Å²) in [4.78, 5) is 26.4. The summed E-state index contributed by atoms with van der Waals surface area (Å²) < 4.78 is 32.0. The van der Waals surface area contributed by atoms with Crippen molar-refractivity contribution in [3.8, 4) is 0 Å². The van der Waals surface area contributed by atoms with E-state index in [1.165, 1.54) is 6.07 Å². The molecule has 0 spiro atoms. The number of furan rings is 1. The second kappa shape index (κ2) is 9.11. The first kappa shape index (κ1) is 20.8. The Kier molecular flexibility index (Phi) is 6.11. The molecule has 1 saturated heterocycles. The van der Waals surface area contributed by atoms with Crippen molar-refractivity contribution in [1.82, 2.24) is 20.4 Å². The molecule has 0 atom stereocenters. The lowest BCUT2D eigenvalue weighted by molar-refractivity contribution is -0.131. The van der Waals surface area contributed by atoms with E-state index in [1.54, 1.807) is 29.4 Å². The summed E-state index contributed by atoms with van der Waals surface area (Å²) in [6.07, 6.45) is 2.85. The molecule has 2 aromatic heterocycles. The van der Waals surface area contributed by atoms with Crippen molar-refractivity contribution in [3.63, 3.8) is 0 Å². The number of hydrogen-bond acceptors (Lipinski definition) is 4. The standard InChI is InChI=1S/C22H22F2N4O3/c23-16-4-3-15(18(24)11-16)10-21(29)28-7-5-14(6-8-28)19-12-20(27-26-19)22(30)25-13-17-2-1-9-31-17/h1-4,9,11-12,14H,5-8,10,13H2,(H,25,30)(H,26,27). The molecule has 162 valence electrons. The molecule has 0 radical (unpaired) electrons. The van der Waals surface area contributed by atoms with Gasteiger partial charge in [-0.15, -0.1) is 0 Å². The normalized spacial score (nSPS) is 14.6. The minimum absolute atomic E-state index is 0.0964. The lowest BCUT2D eigenvalue weighted by Crippen LogP contribution is -2.39. The molecular formula is C22H22F2N4O3. The number of benzene rings is 1. The van der Waals surface area contributed by atoms with E-state index >= 15 is 0 Å². The number of H-pyrrole nitrogens is 1. The molecule has 3 aromatic rings. The molecule has 2 N–H and O–H groups in total. The zero-order valence-corrected chi connectivity index (χ0v) is 16.7. The van der Waals surface area contributed by atoms with E-state index < -0.39 is 11.6 Å². The molecule has 4 rings (SSSR count). The van der Waals surface area contributed by atoms with Crippen molar-refractivity contribution in [2.45, 2.75) is 31.7 Å². The minimum atomic E-state index is -0.710. The van der Waals surface area contributed by atoms with Crippen molar-refractivity contribution >= 4 is 11.8 Å². The molecule has 0 saturated carbocycles. The fourth-order valence-electron chi connectivity index (χ4n) is 3.71. The third-order valence-electron chi connectivity index (χ3n) is 5.48. The van der Waals surface area contributed by atoms with E-state index in [1.807, 2.05) is 0 Å². The molecule has 1 fully saturated rings. The van der Waals surface area contributed by atoms with Gasteiger partial charge in [-0.2, -0.15) is 5.10 Å². The zero-order valence-electron chi connectivity index (χ0n) is 16.7. The number of nitrogens with zero attached hydrogens (tertiary/aromatic N) is 2. The van der Waals surface area contributed by atoms with E-state index in [9.17, 15) is 18.4 Å². The summed E-state index contributed by atoms with van der Waals surface area (Å²) in [6.45, 7) is 1.32. The molecule has 1 aromatic carbocycles. The number of halogens is 2. The third-order valence-corrected chi connectivity index (χ3v) is 5.48. The van der Waals surface area contributed by atoms with Gasteiger partial charge in [0.1, 0.15) is 23.1 Å². The minimum Gasteiger partial charge on any atom is -0.467 e. The van der Waals surface area contributed by atoms with Crippen LogP contribution in [0, 0.1) is 11.6 Å². The fourth-order valence-corrected chi connectivity index (χ4v) is 3.71. The van der Waals surface area contributed by atoms with Crippen LogP contribution in [-0.4, -0.2) is 40.0 Å². The van der Waals surface area contributed by atoms with Crippen molar-refractivity contribution < 1.29 is 22.8 Å². The molecule has 7 nitrogen and oxygen atoms in total. The summed E-state index contributed by atoms with van der Waals surface area (Å²) in [5.41, 5.74) is 1.33. The van der Waals surface area contributed by atoms with Gasteiger partial charge < -0.3 is 14.6 Å². The Balaban J connectivity index is 1.28. The predicted molar refractivity (Wildman–Crippen MR) is 107 cm³/mol. The van der Waals surface area contributed by atoms with Gasteiger partial charge in [-0.1, -0.05) is 6.07 Å². The molecule has 1 aliphatic rings. The van der Waals surface area contributed by atoms with Gasteiger partial charge in [0.15, 0.2) is 0 Å². The van der Waals surface area contributed by atoms with Gasteiger partial charge in [0.25, 0.3) is 5.91 Å². The number of piperidine rings is 1. The van der Waals surface area contributed by atoms with Crippen molar-refractivity contribution in [1.29, 1.82) is 0 Å². The predicted octanol–water partition coefficient (Wildman–Crippen LogP) is 3.16. The van der Waals surface area contributed by atoms with Crippen LogP contribution in [0.4, 0.5) is 8.78 Å². The second-order valence-corrected chi connectivity index (χ2v) is 7.54. The van der Waals surface area contributed by atoms with Crippen LogP contribution < -0.4 is 5.32 Å². The molecule has 1 aliphatic heterocycles. The zero-order chi connectivity index (χ0) is 21.8. The number of amides is 2. The van der Waals surface area contributed by atoms with Gasteiger partial charge in [-0.25, -0.2) is 8.78 Å². The van der Waals surface area contributed by atoms with E-state index in [0.717, 1.165) is 17.8 Å². The lowest BCUT2D eigenvalue weighted by atomic mass is 9.93. The molecule has 0 unspecified atom stereocenters. The van der Waals surface area contributed by atoms with E-state index in [4.69, 9.17) is 4.42 Å². The molecule has 3 heterocycles. The summed E-state index contributed by atoms with van der Waals surface area (Å²) in [5.74, 6) is -1.06. The number of hydrogen-bond donors (Lipinski definition) is 2. The van der Waals surface area contributed by atoms with Crippen LogP contribution in [0.15, 0.2) is 47.1 Å². The molecule has 0 aliphatic carbocycles. The molecule has 9 heteroatoms. The highest BCUT2D eigenvalue weighted by atomic mass is 19.1. The Morgan fingerprint density at radius 2 is 2.00 bits per heavy atom. The monoisotopic (exact) mass is 428 g/mol. The molecule has 2 amide bonds. The topological polar surface area (TPSA) is 91.2 Å². The number of carbonyl (C=O) groups is 2. The van der Waals surface area contributed by atoms with Crippen LogP contribution in [-0.2, 0) is 17.8 Å². The number of aromatic amines is 1. The first-order chi connectivity index (χ1) is 15.0. The maximum Gasteiger partial charge on any atom is 0.272 e. The van der Waals surface area contributed by atoms with Gasteiger partial charge >= 0.3 is 0 Å². The highest BCUT2D eigenvalue weighted by molar-refractivity contribution is 5.92. The summed E-state index contributed by atoms with van der Waals surface area (Å²) >= 11 is 0. The van der Waals surface area contributed by atoms with Crippen LogP contribution >= 0.6 is 0 Å². The number of nitrogens with one attached hydrogen (secondary N) is 2. The highest BCUT2D eigenvalue weighted by Crippen LogP contribution is 2.27. The summed E-state index contributed by atoms with van der Waals surface area (Å²) in [5, 5.41) is 9.77. The average Bonchev–Trinajstić information content (AvgIpc) is 3.46. The SMILES string of the molecule is O=C(NCc1ccco1)c1cc(C2CCN(C(=O)Cc3ccc(F)cc3F)CC2)[nH]n1. The Hall–Kier alpha value is -3.49. The van der Waals surface area contributed by atoms with Gasteiger partial charge in [0.2, 0.25) is 5.91 Å². The first-order valence-electron chi connectivity index (χ1n) is 10.1. The Morgan fingerprint density at radius 1 is 1.19 bits per heavy atom. The number of aromatic nitrogens is 2. The van der Waals surface area contributed by atoms with E-state index in [2.05, 4.69) is 15.5 Å². The molecule has 0 bridgehead atoms. The van der Waals surface area contributed by atoms with Crippen molar-refractivity contribution in [2.24, 2.45) is 0 Å². The van der Waals surface area contributed by atoms with Gasteiger partial charge in [0, 0.05) is 30.8 Å². The average molecular weight is 428 g/mol. The molecular weight excluding hydrogens is 406 g/mol. The maximum atomic E-state index is 13.8. The van der Waals surface area contributed by atoms with Crippen LogP contribution in [0.2, 0.25) is 0 Å².